The number of nitrogens with one attached hydrogen (secondary N) is 1. The minimum Gasteiger partial charge on any atom is -0.508 e. The van der Waals surface area contributed by atoms with Crippen LogP contribution in [0.4, 0.5) is 0 Å². The summed E-state index contributed by atoms with van der Waals surface area (Å²) in [6.07, 6.45) is 0.810. The average molecular weight is 327 g/mol. The zero-order chi connectivity index (χ0) is 17.1. The molecule has 0 saturated heterocycles. The van der Waals surface area contributed by atoms with E-state index in [1.807, 2.05) is 24.3 Å². The van der Waals surface area contributed by atoms with Crippen LogP contribution in [0.25, 0.3) is 0 Å². The Bertz CT molecular complexity index is 744. The number of amides is 1. The first-order chi connectivity index (χ1) is 11.6. The van der Waals surface area contributed by atoms with Gasteiger partial charge in [0, 0.05) is 18.0 Å². The van der Waals surface area contributed by atoms with Crippen LogP contribution >= 0.6 is 0 Å². The molecule has 1 fully saturated rings. The van der Waals surface area contributed by atoms with E-state index < -0.39 is 0 Å². The minimum absolute atomic E-state index is 0.0215. The highest BCUT2D eigenvalue weighted by atomic mass is 16.5. The number of hydrogen-bond acceptors (Lipinski definition) is 4. The van der Waals surface area contributed by atoms with Gasteiger partial charge >= 0.3 is 0 Å². The number of aromatic hydroxyl groups is 1. The number of benzene rings is 2. The lowest BCUT2D eigenvalue weighted by Gasteiger charge is -2.13. The molecule has 5 nitrogen and oxygen atoms in total. The van der Waals surface area contributed by atoms with Crippen molar-refractivity contribution in [1.82, 2.24) is 5.32 Å². The van der Waals surface area contributed by atoms with Crippen LogP contribution in [-0.4, -0.2) is 25.2 Å². The van der Waals surface area contributed by atoms with Crippen LogP contribution in [0, 0.1) is 5.92 Å². The van der Waals surface area contributed by atoms with Crippen LogP contribution in [0.1, 0.15) is 23.5 Å². The Labute approximate surface area is 141 Å². The molecule has 0 radical (unpaired) electrons. The summed E-state index contributed by atoms with van der Waals surface area (Å²) in [5.41, 5.74) is 1.88. The van der Waals surface area contributed by atoms with Crippen molar-refractivity contribution < 1.29 is 19.4 Å². The SMILES string of the molecule is COc1cccc(CNC(=O)C2CC2c2cccc(O)c2)c1OC. The van der Waals surface area contributed by atoms with Gasteiger partial charge in [-0.25, -0.2) is 0 Å². The fourth-order valence-electron chi connectivity index (χ4n) is 3.01. The number of rotatable bonds is 6. The monoisotopic (exact) mass is 327 g/mol. The van der Waals surface area contributed by atoms with E-state index >= 15 is 0 Å². The van der Waals surface area contributed by atoms with Gasteiger partial charge in [-0.05, 0) is 36.1 Å². The van der Waals surface area contributed by atoms with Gasteiger partial charge in [-0.2, -0.15) is 0 Å². The second kappa shape index (κ2) is 6.83. The number of methoxy groups -OCH3 is 2. The Hall–Kier alpha value is -2.69. The lowest BCUT2D eigenvalue weighted by Crippen LogP contribution is -2.25. The van der Waals surface area contributed by atoms with Crippen LogP contribution in [-0.2, 0) is 11.3 Å². The van der Waals surface area contributed by atoms with Crippen molar-refractivity contribution in [3.05, 3.63) is 53.6 Å². The van der Waals surface area contributed by atoms with Crippen LogP contribution in [0.5, 0.6) is 17.2 Å². The van der Waals surface area contributed by atoms with Crippen molar-refractivity contribution in [3.63, 3.8) is 0 Å². The van der Waals surface area contributed by atoms with Crippen molar-refractivity contribution in [2.75, 3.05) is 14.2 Å². The van der Waals surface area contributed by atoms with Crippen molar-refractivity contribution in [2.24, 2.45) is 5.92 Å². The molecule has 3 rings (SSSR count). The summed E-state index contributed by atoms with van der Waals surface area (Å²) in [7, 11) is 3.17. The summed E-state index contributed by atoms with van der Waals surface area (Å²) in [4.78, 5) is 12.4. The molecule has 1 aliphatic rings. The van der Waals surface area contributed by atoms with Crippen molar-refractivity contribution in [1.29, 1.82) is 0 Å². The van der Waals surface area contributed by atoms with Gasteiger partial charge in [0.25, 0.3) is 0 Å². The molecular formula is C19H21NO4. The Morgan fingerprint density at radius 3 is 2.71 bits per heavy atom. The van der Waals surface area contributed by atoms with E-state index in [2.05, 4.69) is 5.32 Å². The molecule has 5 heteroatoms. The van der Waals surface area contributed by atoms with Gasteiger partial charge in [0.2, 0.25) is 5.91 Å². The molecule has 1 amide bonds. The summed E-state index contributed by atoms with van der Waals surface area (Å²) in [6, 6.07) is 12.7. The van der Waals surface area contributed by atoms with Gasteiger partial charge in [0.1, 0.15) is 5.75 Å². The van der Waals surface area contributed by atoms with E-state index in [-0.39, 0.29) is 23.5 Å². The van der Waals surface area contributed by atoms with Gasteiger partial charge < -0.3 is 19.9 Å². The first-order valence-electron chi connectivity index (χ1n) is 7.90. The number of para-hydroxylation sites is 1. The van der Waals surface area contributed by atoms with Crippen LogP contribution in [0.15, 0.2) is 42.5 Å². The molecule has 1 saturated carbocycles. The first kappa shape index (κ1) is 16.2. The number of hydrogen-bond donors (Lipinski definition) is 2. The third-order valence-electron chi connectivity index (χ3n) is 4.36. The smallest absolute Gasteiger partial charge is 0.224 e. The molecule has 0 aliphatic heterocycles. The fraction of sp³-hybridized carbons (Fsp3) is 0.316. The molecule has 0 spiro atoms. The molecule has 0 heterocycles. The molecule has 2 atom stereocenters. The van der Waals surface area contributed by atoms with Gasteiger partial charge in [0.15, 0.2) is 11.5 Å². The predicted molar refractivity (Wildman–Crippen MR) is 90.3 cm³/mol. The highest BCUT2D eigenvalue weighted by Crippen LogP contribution is 2.48. The third kappa shape index (κ3) is 3.30. The second-order valence-electron chi connectivity index (χ2n) is 5.91. The fourth-order valence-corrected chi connectivity index (χ4v) is 3.01. The molecule has 2 N–H and O–H groups in total. The first-order valence-corrected chi connectivity index (χ1v) is 7.90. The average Bonchev–Trinajstić information content (AvgIpc) is 3.40. The third-order valence-corrected chi connectivity index (χ3v) is 4.36. The topological polar surface area (TPSA) is 67.8 Å². The molecule has 0 bridgehead atoms. The Kier molecular flexibility index (Phi) is 4.60. The van der Waals surface area contributed by atoms with Crippen molar-refractivity contribution >= 4 is 5.91 Å². The van der Waals surface area contributed by atoms with E-state index in [1.165, 1.54) is 0 Å². The largest absolute Gasteiger partial charge is 0.508 e. The van der Waals surface area contributed by atoms with E-state index in [0.29, 0.717) is 18.0 Å². The standard InChI is InChI=1S/C19H21NO4/c1-23-17-8-4-6-13(18(17)24-2)11-20-19(22)16-10-15(16)12-5-3-7-14(21)9-12/h3-9,15-16,21H,10-11H2,1-2H3,(H,20,22). The normalized spacial score (nSPS) is 18.8. The second-order valence-corrected chi connectivity index (χ2v) is 5.91. The Morgan fingerprint density at radius 2 is 2.00 bits per heavy atom. The van der Waals surface area contributed by atoms with Crippen molar-refractivity contribution in [2.45, 2.75) is 18.9 Å². The maximum Gasteiger partial charge on any atom is 0.224 e. The zero-order valence-corrected chi connectivity index (χ0v) is 13.8. The number of ether oxygens (including phenoxy) is 2. The molecular weight excluding hydrogens is 306 g/mol. The van der Waals surface area contributed by atoms with Crippen LogP contribution in [0.2, 0.25) is 0 Å². The van der Waals surface area contributed by atoms with E-state index in [0.717, 1.165) is 17.5 Å². The number of carbonyl (C=O) groups excluding carboxylic acids is 1. The zero-order valence-electron chi connectivity index (χ0n) is 13.8. The summed E-state index contributed by atoms with van der Waals surface area (Å²) in [6.45, 7) is 0.391. The summed E-state index contributed by atoms with van der Waals surface area (Å²) >= 11 is 0. The number of phenols is 1. The molecule has 24 heavy (non-hydrogen) atoms. The lowest BCUT2D eigenvalue weighted by molar-refractivity contribution is -0.122. The Morgan fingerprint density at radius 1 is 1.21 bits per heavy atom. The predicted octanol–water partition coefficient (Wildman–Crippen LogP) is 2.83. The lowest BCUT2D eigenvalue weighted by atomic mass is 10.1. The van der Waals surface area contributed by atoms with Gasteiger partial charge in [-0.1, -0.05) is 24.3 Å². The number of carbonyl (C=O) groups is 1. The summed E-state index contributed by atoms with van der Waals surface area (Å²) < 4.78 is 10.6. The van der Waals surface area contributed by atoms with Crippen LogP contribution in [0.3, 0.4) is 0 Å². The molecule has 2 unspecified atom stereocenters. The number of phenolic OH excluding ortho intramolecular Hbond substituents is 1. The summed E-state index contributed by atoms with van der Waals surface area (Å²) in [5, 5.41) is 12.5. The highest BCUT2D eigenvalue weighted by Gasteiger charge is 2.43. The van der Waals surface area contributed by atoms with Gasteiger partial charge in [-0.3, -0.25) is 4.79 Å². The van der Waals surface area contributed by atoms with E-state index in [9.17, 15) is 9.90 Å². The highest BCUT2D eigenvalue weighted by molar-refractivity contribution is 5.83. The molecule has 2 aromatic rings. The van der Waals surface area contributed by atoms with E-state index in [4.69, 9.17) is 9.47 Å². The molecule has 1 aliphatic carbocycles. The van der Waals surface area contributed by atoms with Gasteiger partial charge in [-0.15, -0.1) is 0 Å². The molecule has 126 valence electrons. The van der Waals surface area contributed by atoms with E-state index in [1.54, 1.807) is 32.4 Å². The van der Waals surface area contributed by atoms with Gasteiger partial charge in [0.05, 0.1) is 14.2 Å². The van der Waals surface area contributed by atoms with Crippen LogP contribution < -0.4 is 14.8 Å². The molecule has 0 aromatic heterocycles. The summed E-state index contributed by atoms with van der Waals surface area (Å²) in [5.74, 6) is 1.69. The minimum atomic E-state index is -0.0385. The Balaban J connectivity index is 1.61. The maximum atomic E-state index is 12.4. The van der Waals surface area contributed by atoms with Crippen molar-refractivity contribution in [3.8, 4) is 17.2 Å². The molecule has 2 aromatic carbocycles. The maximum absolute atomic E-state index is 12.4. The quantitative estimate of drug-likeness (QED) is 0.856.